The number of aryl methyl sites for hydroxylation is 1. The van der Waals surface area contributed by atoms with Gasteiger partial charge in [0.05, 0.1) is 6.04 Å². The lowest BCUT2D eigenvalue weighted by Gasteiger charge is -2.20. The summed E-state index contributed by atoms with van der Waals surface area (Å²) in [6, 6.07) is 14.3. The smallest absolute Gasteiger partial charge is 0.0734 e. The Hall–Kier alpha value is -1.75. The van der Waals surface area contributed by atoms with Crippen molar-refractivity contribution < 1.29 is 0 Å². The molecule has 3 rings (SSSR count). The van der Waals surface area contributed by atoms with Crippen molar-refractivity contribution in [1.82, 2.24) is 10.4 Å². The molecule has 2 aromatic carbocycles. The highest BCUT2D eigenvalue weighted by Gasteiger charge is 2.17. The van der Waals surface area contributed by atoms with Gasteiger partial charge >= 0.3 is 0 Å². The third-order valence-electron chi connectivity index (χ3n) is 3.73. The molecule has 0 aliphatic carbocycles. The minimum Gasteiger partial charge on any atom is -0.271 e. The molecule has 3 N–H and O–H groups in total. The molecule has 1 heterocycles. The van der Waals surface area contributed by atoms with Crippen molar-refractivity contribution in [3.63, 3.8) is 0 Å². The molecule has 0 aliphatic rings. The van der Waals surface area contributed by atoms with E-state index in [1.165, 1.54) is 5.56 Å². The molecule has 3 nitrogen and oxygen atoms in total. The van der Waals surface area contributed by atoms with Crippen molar-refractivity contribution in [2.75, 3.05) is 0 Å². The Morgan fingerprint density at radius 2 is 1.90 bits per heavy atom. The van der Waals surface area contributed by atoms with Crippen molar-refractivity contribution in [3.8, 4) is 0 Å². The van der Waals surface area contributed by atoms with Crippen LogP contribution in [0.3, 0.4) is 0 Å². The fraction of sp³-hybridized carbons (Fsp3) is 0.118. The zero-order valence-corrected chi connectivity index (χ0v) is 13.3. The van der Waals surface area contributed by atoms with Gasteiger partial charge < -0.3 is 0 Å². The molecule has 0 saturated heterocycles. The molecule has 1 unspecified atom stereocenters. The molecule has 0 amide bonds. The molecule has 0 spiro atoms. The Labute approximate surface area is 132 Å². The predicted molar refractivity (Wildman–Crippen MR) is 89.8 cm³/mol. The van der Waals surface area contributed by atoms with Gasteiger partial charge in [-0.2, -0.15) is 0 Å². The van der Waals surface area contributed by atoms with Crippen LogP contribution in [0.25, 0.3) is 10.8 Å². The van der Waals surface area contributed by atoms with Gasteiger partial charge in [0.2, 0.25) is 0 Å². The first kappa shape index (κ1) is 14.2. The van der Waals surface area contributed by atoms with Crippen molar-refractivity contribution in [1.29, 1.82) is 0 Å². The summed E-state index contributed by atoms with van der Waals surface area (Å²) in [7, 11) is 0. The van der Waals surface area contributed by atoms with E-state index in [1.807, 2.05) is 30.6 Å². The summed E-state index contributed by atoms with van der Waals surface area (Å²) in [4.78, 5) is 4.35. The molecule has 3 aromatic rings. The first-order chi connectivity index (χ1) is 10.2. The normalized spacial score (nSPS) is 12.5. The van der Waals surface area contributed by atoms with E-state index in [0.29, 0.717) is 0 Å². The molecule has 0 aliphatic heterocycles. The van der Waals surface area contributed by atoms with Gasteiger partial charge in [-0.3, -0.25) is 10.8 Å². The van der Waals surface area contributed by atoms with E-state index >= 15 is 0 Å². The van der Waals surface area contributed by atoms with Gasteiger partial charge in [0, 0.05) is 27.8 Å². The van der Waals surface area contributed by atoms with Gasteiger partial charge in [-0.25, -0.2) is 5.43 Å². The number of hydrogen-bond acceptors (Lipinski definition) is 3. The molecular weight excluding hydrogens is 326 g/mol. The van der Waals surface area contributed by atoms with Gasteiger partial charge in [-0.05, 0) is 35.6 Å². The number of nitrogens with one attached hydrogen (secondary N) is 1. The molecule has 21 heavy (non-hydrogen) atoms. The minimum atomic E-state index is -0.0962. The van der Waals surface area contributed by atoms with E-state index in [4.69, 9.17) is 5.84 Å². The van der Waals surface area contributed by atoms with Crippen LogP contribution < -0.4 is 11.3 Å². The molecule has 1 aromatic heterocycles. The van der Waals surface area contributed by atoms with E-state index in [1.54, 1.807) is 0 Å². The quantitative estimate of drug-likeness (QED) is 0.561. The van der Waals surface area contributed by atoms with Crippen LogP contribution >= 0.6 is 15.9 Å². The maximum Gasteiger partial charge on any atom is 0.0734 e. The van der Waals surface area contributed by atoms with Gasteiger partial charge in [0.1, 0.15) is 0 Å². The number of rotatable bonds is 3. The largest absolute Gasteiger partial charge is 0.271 e. The first-order valence-electron chi connectivity index (χ1n) is 6.75. The Morgan fingerprint density at radius 1 is 1.10 bits per heavy atom. The van der Waals surface area contributed by atoms with Crippen molar-refractivity contribution >= 4 is 26.7 Å². The Bertz CT molecular complexity index is 781. The van der Waals surface area contributed by atoms with Crippen LogP contribution in [0.5, 0.6) is 0 Å². The van der Waals surface area contributed by atoms with E-state index < -0.39 is 0 Å². The van der Waals surface area contributed by atoms with Gasteiger partial charge in [0.15, 0.2) is 0 Å². The van der Waals surface area contributed by atoms with Crippen LogP contribution in [0, 0.1) is 6.92 Å². The van der Waals surface area contributed by atoms with Gasteiger partial charge in [0.25, 0.3) is 0 Å². The summed E-state index contributed by atoms with van der Waals surface area (Å²) < 4.78 is 1.04. The predicted octanol–water partition coefficient (Wildman–Crippen LogP) is 3.86. The molecule has 0 fully saturated rings. The Morgan fingerprint density at radius 3 is 2.71 bits per heavy atom. The topological polar surface area (TPSA) is 50.9 Å². The third-order valence-corrected chi connectivity index (χ3v) is 4.22. The monoisotopic (exact) mass is 341 g/mol. The zero-order valence-electron chi connectivity index (χ0n) is 11.7. The van der Waals surface area contributed by atoms with Crippen molar-refractivity contribution in [2.24, 2.45) is 5.84 Å². The van der Waals surface area contributed by atoms with Crippen LogP contribution in [0.4, 0.5) is 0 Å². The maximum absolute atomic E-state index is 5.85. The van der Waals surface area contributed by atoms with Gasteiger partial charge in [-0.1, -0.05) is 46.3 Å². The molecule has 4 heteroatoms. The average Bonchev–Trinajstić information content (AvgIpc) is 2.51. The number of hydrazine groups is 1. The molecular formula is C17H16BrN3. The van der Waals surface area contributed by atoms with Crippen LogP contribution in [0.15, 0.2) is 59.3 Å². The number of benzene rings is 2. The summed E-state index contributed by atoms with van der Waals surface area (Å²) >= 11 is 3.53. The first-order valence-corrected chi connectivity index (χ1v) is 7.55. The number of hydrogen-bond donors (Lipinski definition) is 2. The molecule has 0 radical (unpaired) electrons. The average molecular weight is 342 g/mol. The van der Waals surface area contributed by atoms with Crippen molar-refractivity contribution in [2.45, 2.75) is 13.0 Å². The SMILES string of the molecule is Cc1ccc(Br)cc1C(NN)c1cncc2ccccc12. The van der Waals surface area contributed by atoms with Crippen LogP contribution in [-0.2, 0) is 0 Å². The fourth-order valence-corrected chi connectivity index (χ4v) is 3.02. The lowest BCUT2D eigenvalue weighted by Crippen LogP contribution is -2.29. The lowest BCUT2D eigenvalue weighted by molar-refractivity contribution is 0.635. The molecule has 106 valence electrons. The number of aromatic nitrogens is 1. The van der Waals surface area contributed by atoms with Crippen LogP contribution in [-0.4, -0.2) is 4.98 Å². The standard InChI is InChI=1S/C17H16BrN3/c1-11-6-7-13(18)8-15(11)17(21-19)16-10-20-9-12-4-2-3-5-14(12)16/h2-10,17,21H,19H2,1H3. The van der Waals surface area contributed by atoms with E-state index in [0.717, 1.165) is 26.4 Å². The molecule has 0 bridgehead atoms. The third kappa shape index (κ3) is 2.70. The minimum absolute atomic E-state index is 0.0962. The second-order valence-corrected chi connectivity index (χ2v) is 5.97. The Kier molecular flexibility index (Phi) is 4.01. The van der Waals surface area contributed by atoms with Crippen LogP contribution in [0.2, 0.25) is 0 Å². The molecule has 0 saturated carbocycles. The van der Waals surface area contributed by atoms with E-state index in [-0.39, 0.29) is 6.04 Å². The number of fused-ring (bicyclic) bond motifs is 1. The lowest BCUT2D eigenvalue weighted by atomic mass is 9.93. The summed E-state index contributed by atoms with van der Waals surface area (Å²) in [5.41, 5.74) is 6.35. The van der Waals surface area contributed by atoms with E-state index in [9.17, 15) is 0 Å². The highest BCUT2D eigenvalue weighted by Crippen LogP contribution is 2.30. The summed E-state index contributed by atoms with van der Waals surface area (Å²) in [6.45, 7) is 2.09. The maximum atomic E-state index is 5.85. The molecule has 1 atom stereocenters. The number of halogens is 1. The van der Waals surface area contributed by atoms with Crippen LogP contribution in [0.1, 0.15) is 22.7 Å². The van der Waals surface area contributed by atoms with Crippen molar-refractivity contribution in [3.05, 3.63) is 76.0 Å². The number of nitrogens with zero attached hydrogens (tertiary/aromatic N) is 1. The van der Waals surface area contributed by atoms with E-state index in [2.05, 4.69) is 57.5 Å². The van der Waals surface area contributed by atoms with Gasteiger partial charge in [-0.15, -0.1) is 0 Å². The zero-order chi connectivity index (χ0) is 14.8. The summed E-state index contributed by atoms with van der Waals surface area (Å²) in [6.07, 6.45) is 3.76. The highest BCUT2D eigenvalue weighted by molar-refractivity contribution is 9.10. The second-order valence-electron chi connectivity index (χ2n) is 5.05. The summed E-state index contributed by atoms with van der Waals surface area (Å²) in [5, 5.41) is 2.28. The highest BCUT2D eigenvalue weighted by atomic mass is 79.9. The number of pyridine rings is 1. The fourth-order valence-electron chi connectivity index (χ4n) is 2.64. The second kappa shape index (κ2) is 5.93. The summed E-state index contributed by atoms with van der Waals surface area (Å²) in [5.74, 6) is 5.85. The Balaban J connectivity index is 2.21. The number of nitrogens with two attached hydrogens (primary N) is 1.